The van der Waals surface area contributed by atoms with Crippen LogP contribution in [0.3, 0.4) is 0 Å². The number of nitrogens with one attached hydrogen (secondary N) is 2. The van der Waals surface area contributed by atoms with Gasteiger partial charge in [0.05, 0.1) is 12.0 Å². The number of halogens is 1. The van der Waals surface area contributed by atoms with Gasteiger partial charge in [-0.25, -0.2) is 13.1 Å². The largest absolute Gasteiger partial charge is 0.497 e. The molecule has 148 valence electrons. The molecule has 0 saturated carbocycles. The van der Waals surface area contributed by atoms with E-state index in [0.717, 1.165) is 43.2 Å². The summed E-state index contributed by atoms with van der Waals surface area (Å²) in [6.07, 6.45) is 4.01. The molecule has 0 heterocycles. The Kier molecular flexibility index (Phi) is 9.27. The summed E-state index contributed by atoms with van der Waals surface area (Å²) in [5.74, 6) is 0.641. The number of hydrogen-bond donors (Lipinski definition) is 2. The van der Waals surface area contributed by atoms with Gasteiger partial charge in [0.1, 0.15) is 5.75 Å². The number of methoxy groups -OCH3 is 1. The van der Waals surface area contributed by atoms with Crippen LogP contribution in [0.25, 0.3) is 0 Å². The number of benzene rings is 2. The molecule has 2 N–H and O–H groups in total. The first-order valence-electron chi connectivity index (χ1n) is 9.10. The van der Waals surface area contributed by atoms with Crippen molar-refractivity contribution in [2.24, 2.45) is 0 Å². The molecule has 0 aliphatic rings. The molecule has 2 aromatic rings. The molecule has 0 aliphatic carbocycles. The van der Waals surface area contributed by atoms with Gasteiger partial charge in [-0.15, -0.1) is 0 Å². The summed E-state index contributed by atoms with van der Waals surface area (Å²) in [4.78, 5) is 0.264. The number of sulfonamides is 1. The van der Waals surface area contributed by atoms with Crippen molar-refractivity contribution in [3.63, 3.8) is 0 Å². The second kappa shape index (κ2) is 11.4. The molecule has 27 heavy (non-hydrogen) atoms. The Morgan fingerprint density at radius 1 is 0.889 bits per heavy atom. The smallest absolute Gasteiger partial charge is 0.240 e. The monoisotopic (exact) mass is 454 g/mol. The van der Waals surface area contributed by atoms with Crippen LogP contribution in [0.4, 0.5) is 0 Å². The first kappa shape index (κ1) is 21.9. The lowest BCUT2D eigenvalue weighted by Gasteiger charge is -2.08. The van der Waals surface area contributed by atoms with E-state index in [-0.39, 0.29) is 4.90 Å². The first-order valence-corrected chi connectivity index (χ1v) is 11.4. The third-order valence-electron chi connectivity index (χ3n) is 4.18. The van der Waals surface area contributed by atoms with Gasteiger partial charge in [0.25, 0.3) is 0 Å². The molecule has 0 atom stereocenters. The van der Waals surface area contributed by atoms with Gasteiger partial charge in [-0.1, -0.05) is 40.9 Å². The molecule has 0 aliphatic heterocycles. The van der Waals surface area contributed by atoms with Crippen LogP contribution in [0.1, 0.15) is 31.2 Å². The molecule has 0 radical (unpaired) electrons. The van der Waals surface area contributed by atoms with Crippen LogP contribution < -0.4 is 14.8 Å². The minimum absolute atomic E-state index is 0.264. The van der Waals surface area contributed by atoms with Gasteiger partial charge in [0.2, 0.25) is 10.0 Å². The van der Waals surface area contributed by atoms with E-state index in [1.165, 1.54) is 5.56 Å². The van der Waals surface area contributed by atoms with E-state index < -0.39 is 10.0 Å². The van der Waals surface area contributed by atoms with Gasteiger partial charge in [-0.05, 0) is 61.3 Å². The maximum absolute atomic E-state index is 12.2. The average Bonchev–Trinajstić information content (AvgIpc) is 2.68. The van der Waals surface area contributed by atoms with Crippen molar-refractivity contribution in [3.05, 3.63) is 58.6 Å². The van der Waals surface area contributed by atoms with Crippen molar-refractivity contribution in [1.82, 2.24) is 10.0 Å². The summed E-state index contributed by atoms with van der Waals surface area (Å²) in [5.41, 5.74) is 1.27. The second-order valence-electron chi connectivity index (χ2n) is 6.29. The molecule has 0 bridgehead atoms. The molecule has 2 aromatic carbocycles. The first-order chi connectivity index (χ1) is 13.0. The maximum Gasteiger partial charge on any atom is 0.240 e. The van der Waals surface area contributed by atoms with E-state index in [1.54, 1.807) is 31.4 Å². The molecular weight excluding hydrogens is 428 g/mol. The minimum Gasteiger partial charge on any atom is -0.497 e. The molecule has 0 spiro atoms. The van der Waals surface area contributed by atoms with Crippen LogP contribution in [0.2, 0.25) is 0 Å². The Bertz CT molecular complexity index is 778. The van der Waals surface area contributed by atoms with E-state index in [0.29, 0.717) is 12.3 Å². The lowest BCUT2D eigenvalue weighted by molar-refractivity contribution is 0.414. The standard InChI is InChI=1S/C20H27BrN2O3S/c1-26-19-10-12-20(13-11-19)27(24,25)23-15-5-3-2-4-14-22-16-17-6-8-18(21)9-7-17/h6-13,22-23H,2-5,14-16H2,1H3. The summed E-state index contributed by atoms with van der Waals surface area (Å²) < 4.78 is 33.2. The van der Waals surface area contributed by atoms with Crippen LogP contribution in [0, 0.1) is 0 Å². The van der Waals surface area contributed by atoms with Gasteiger partial charge in [-0.2, -0.15) is 0 Å². The van der Waals surface area contributed by atoms with Gasteiger partial charge >= 0.3 is 0 Å². The maximum atomic E-state index is 12.2. The van der Waals surface area contributed by atoms with Crippen LogP contribution >= 0.6 is 15.9 Å². The molecule has 5 nitrogen and oxygen atoms in total. The highest BCUT2D eigenvalue weighted by atomic mass is 79.9. The second-order valence-corrected chi connectivity index (χ2v) is 8.97. The van der Waals surface area contributed by atoms with Crippen LogP contribution in [-0.2, 0) is 16.6 Å². The van der Waals surface area contributed by atoms with E-state index in [4.69, 9.17) is 4.74 Å². The van der Waals surface area contributed by atoms with Gasteiger partial charge < -0.3 is 10.1 Å². The van der Waals surface area contributed by atoms with Crippen molar-refractivity contribution in [2.45, 2.75) is 37.1 Å². The normalized spacial score (nSPS) is 11.5. The summed E-state index contributed by atoms with van der Waals surface area (Å²) in [7, 11) is -1.89. The van der Waals surface area contributed by atoms with Crippen molar-refractivity contribution in [2.75, 3.05) is 20.2 Å². The lowest BCUT2D eigenvalue weighted by atomic mass is 10.2. The van der Waals surface area contributed by atoms with E-state index >= 15 is 0 Å². The summed E-state index contributed by atoms with van der Waals surface area (Å²) in [6.45, 7) is 2.29. The predicted molar refractivity (Wildman–Crippen MR) is 112 cm³/mol. The number of unbranched alkanes of at least 4 members (excludes halogenated alkanes) is 3. The highest BCUT2D eigenvalue weighted by Crippen LogP contribution is 2.15. The molecule has 0 amide bonds. The molecule has 2 rings (SSSR count). The minimum atomic E-state index is -3.44. The number of ether oxygens (including phenoxy) is 1. The van der Waals surface area contributed by atoms with Gasteiger partial charge in [0, 0.05) is 17.6 Å². The Hall–Kier alpha value is -1.41. The highest BCUT2D eigenvalue weighted by molar-refractivity contribution is 9.10. The third-order valence-corrected chi connectivity index (χ3v) is 6.19. The van der Waals surface area contributed by atoms with E-state index in [2.05, 4.69) is 38.1 Å². The summed E-state index contributed by atoms with van der Waals surface area (Å²) >= 11 is 3.43. The Labute approximate surface area is 170 Å². The zero-order valence-electron chi connectivity index (χ0n) is 15.6. The van der Waals surface area contributed by atoms with E-state index in [1.807, 2.05) is 12.1 Å². The molecular formula is C20H27BrN2O3S. The molecule has 0 unspecified atom stereocenters. The summed E-state index contributed by atoms with van der Waals surface area (Å²) in [6, 6.07) is 14.7. The SMILES string of the molecule is COc1ccc(S(=O)(=O)NCCCCCCNCc2ccc(Br)cc2)cc1. The fraction of sp³-hybridized carbons (Fsp3) is 0.400. The Morgan fingerprint density at radius 3 is 2.15 bits per heavy atom. The highest BCUT2D eigenvalue weighted by Gasteiger charge is 2.12. The lowest BCUT2D eigenvalue weighted by Crippen LogP contribution is -2.24. The predicted octanol–water partition coefficient (Wildman–Crippen LogP) is 4.09. The van der Waals surface area contributed by atoms with Crippen molar-refractivity contribution in [1.29, 1.82) is 0 Å². The Morgan fingerprint density at radius 2 is 1.52 bits per heavy atom. The summed E-state index contributed by atoms with van der Waals surface area (Å²) in [5, 5.41) is 3.43. The zero-order chi connectivity index (χ0) is 19.5. The Balaban J connectivity index is 1.54. The molecule has 0 aromatic heterocycles. The fourth-order valence-electron chi connectivity index (χ4n) is 2.61. The number of rotatable bonds is 12. The topological polar surface area (TPSA) is 67.4 Å². The molecule has 7 heteroatoms. The third kappa shape index (κ3) is 8.01. The van der Waals surface area contributed by atoms with Gasteiger partial charge in [0.15, 0.2) is 0 Å². The molecule has 0 saturated heterocycles. The van der Waals surface area contributed by atoms with Crippen LogP contribution in [0.15, 0.2) is 57.9 Å². The van der Waals surface area contributed by atoms with Crippen molar-refractivity contribution >= 4 is 26.0 Å². The quantitative estimate of drug-likeness (QED) is 0.474. The zero-order valence-corrected chi connectivity index (χ0v) is 18.0. The van der Waals surface area contributed by atoms with Crippen LogP contribution in [0.5, 0.6) is 5.75 Å². The van der Waals surface area contributed by atoms with E-state index in [9.17, 15) is 8.42 Å². The van der Waals surface area contributed by atoms with Crippen molar-refractivity contribution < 1.29 is 13.2 Å². The van der Waals surface area contributed by atoms with Gasteiger partial charge in [-0.3, -0.25) is 0 Å². The molecule has 0 fully saturated rings. The average molecular weight is 455 g/mol. The number of hydrogen-bond acceptors (Lipinski definition) is 4. The fourth-order valence-corrected chi connectivity index (χ4v) is 3.95. The van der Waals surface area contributed by atoms with Crippen LogP contribution in [-0.4, -0.2) is 28.6 Å². The van der Waals surface area contributed by atoms with Crippen molar-refractivity contribution in [3.8, 4) is 5.75 Å².